The summed E-state index contributed by atoms with van der Waals surface area (Å²) in [6.07, 6.45) is -0.163. The van der Waals surface area contributed by atoms with E-state index in [0.29, 0.717) is 16.4 Å². The summed E-state index contributed by atoms with van der Waals surface area (Å²) in [5.74, 6) is 0. The van der Waals surface area contributed by atoms with Crippen LogP contribution in [0.15, 0.2) is 14.7 Å². The molecule has 0 aliphatic carbocycles. The summed E-state index contributed by atoms with van der Waals surface area (Å²) in [6, 6.07) is 2.06. The third-order valence-electron chi connectivity index (χ3n) is 2.64. The third kappa shape index (κ3) is 5.42. The van der Waals surface area contributed by atoms with Crippen LogP contribution in [0.3, 0.4) is 0 Å². The van der Waals surface area contributed by atoms with Gasteiger partial charge in [0.15, 0.2) is 0 Å². The van der Waals surface area contributed by atoms with Crippen molar-refractivity contribution < 1.29 is 13.2 Å². The molecule has 1 aromatic rings. The van der Waals surface area contributed by atoms with Gasteiger partial charge in [0, 0.05) is 31.1 Å². The topological polar surface area (TPSA) is 67.4 Å². The normalized spacial score (nSPS) is 13.9. The Hall–Kier alpha value is 0.01000. The van der Waals surface area contributed by atoms with Gasteiger partial charge in [0.2, 0.25) is 10.0 Å². The lowest BCUT2D eigenvalue weighted by molar-refractivity contribution is 0.122. The highest BCUT2D eigenvalue weighted by Gasteiger charge is 2.21. The monoisotopic (exact) mass is 384 g/mol. The summed E-state index contributed by atoms with van der Waals surface area (Å²) in [6.45, 7) is 6.82. The number of nitrogens with one attached hydrogen (secondary N) is 2. The van der Waals surface area contributed by atoms with Crippen molar-refractivity contribution in [2.75, 3.05) is 13.7 Å². The molecule has 0 aromatic carbocycles. The van der Waals surface area contributed by atoms with Crippen molar-refractivity contribution in [3.05, 3.63) is 14.7 Å². The highest BCUT2D eigenvalue weighted by Crippen LogP contribution is 2.31. The molecule has 0 bridgehead atoms. The fourth-order valence-corrected chi connectivity index (χ4v) is 5.11. The third-order valence-corrected chi connectivity index (χ3v) is 6.32. The van der Waals surface area contributed by atoms with Crippen LogP contribution in [0.4, 0.5) is 0 Å². The maximum atomic E-state index is 12.2. The van der Waals surface area contributed by atoms with Crippen molar-refractivity contribution in [2.24, 2.45) is 0 Å². The fourth-order valence-electron chi connectivity index (χ4n) is 1.36. The number of rotatable bonds is 8. The van der Waals surface area contributed by atoms with Crippen molar-refractivity contribution >= 4 is 37.3 Å². The Morgan fingerprint density at radius 1 is 1.40 bits per heavy atom. The van der Waals surface area contributed by atoms with Gasteiger partial charge in [-0.25, -0.2) is 13.1 Å². The summed E-state index contributed by atoms with van der Waals surface area (Å²) >= 11 is 4.75. The zero-order valence-corrected chi connectivity index (χ0v) is 15.3. The van der Waals surface area contributed by atoms with Gasteiger partial charge < -0.3 is 10.1 Å². The van der Waals surface area contributed by atoms with Crippen LogP contribution in [0.5, 0.6) is 0 Å². The number of hydrogen-bond donors (Lipinski definition) is 2. The molecule has 116 valence electrons. The first kappa shape index (κ1) is 18.1. The Morgan fingerprint density at radius 3 is 2.60 bits per heavy atom. The zero-order chi connectivity index (χ0) is 15.3. The molecule has 0 aliphatic rings. The molecule has 20 heavy (non-hydrogen) atoms. The minimum Gasteiger partial charge on any atom is -0.380 e. The van der Waals surface area contributed by atoms with Crippen LogP contribution in [0.1, 0.15) is 25.6 Å². The van der Waals surface area contributed by atoms with E-state index in [2.05, 4.69) is 26.0 Å². The number of sulfonamides is 1. The molecule has 0 aliphatic heterocycles. The SMILES string of the molecule is COC(C)CNS(=O)(=O)c1cc(CNC(C)C)sc1Br. The molecule has 0 saturated heterocycles. The molecule has 1 rings (SSSR count). The van der Waals surface area contributed by atoms with E-state index in [0.717, 1.165) is 4.88 Å². The molecule has 1 atom stereocenters. The predicted octanol–water partition coefficient (Wildman–Crippen LogP) is 2.32. The Bertz CT molecular complexity index is 529. The lowest BCUT2D eigenvalue weighted by atomic mass is 10.4. The Balaban J connectivity index is 2.79. The lowest BCUT2D eigenvalue weighted by Crippen LogP contribution is -2.31. The van der Waals surface area contributed by atoms with Gasteiger partial charge in [0.1, 0.15) is 4.90 Å². The van der Waals surface area contributed by atoms with E-state index < -0.39 is 10.0 Å². The van der Waals surface area contributed by atoms with Crippen LogP contribution in [-0.2, 0) is 21.3 Å². The molecule has 0 saturated carbocycles. The van der Waals surface area contributed by atoms with Gasteiger partial charge in [-0.05, 0) is 28.9 Å². The van der Waals surface area contributed by atoms with E-state index in [4.69, 9.17) is 4.74 Å². The first-order valence-electron chi connectivity index (χ1n) is 6.30. The van der Waals surface area contributed by atoms with E-state index in [1.165, 1.54) is 11.3 Å². The van der Waals surface area contributed by atoms with Crippen molar-refractivity contribution in [2.45, 2.75) is 44.4 Å². The average molecular weight is 385 g/mol. The van der Waals surface area contributed by atoms with Gasteiger partial charge in [0.05, 0.1) is 9.89 Å². The summed E-state index contributed by atoms with van der Waals surface area (Å²) < 4.78 is 32.6. The maximum absolute atomic E-state index is 12.2. The molecule has 0 amide bonds. The predicted molar refractivity (Wildman–Crippen MR) is 85.7 cm³/mol. The van der Waals surface area contributed by atoms with E-state index in [1.54, 1.807) is 13.2 Å². The average Bonchev–Trinajstić information content (AvgIpc) is 2.75. The lowest BCUT2D eigenvalue weighted by Gasteiger charge is -2.10. The van der Waals surface area contributed by atoms with Gasteiger partial charge in [-0.3, -0.25) is 0 Å². The number of hydrogen-bond acceptors (Lipinski definition) is 5. The Labute approximate surface area is 133 Å². The van der Waals surface area contributed by atoms with Crippen molar-refractivity contribution in [3.63, 3.8) is 0 Å². The second-order valence-corrected chi connectivity index (χ2v) is 8.97. The molecule has 0 spiro atoms. The van der Waals surface area contributed by atoms with E-state index in [9.17, 15) is 8.42 Å². The molecule has 1 heterocycles. The standard InChI is InChI=1S/C12H21BrN2O3S2/c1-8(2)14-7-10-5-11(12(13)19-10)20(16,17)15-6-9(3)18-4/h5,8-9,14-15H,6-7H2,1-4H3. The van der Waals surface area contributed by atoms with Gasteiger partial charge in [-0.15, -0.1) is 11.3 Å². The molecular formula is C12H21BrN2O3S2. The summed E-state index contributed by atoms with van der Waals surface area (Å²) in [5.41, 5.74) is 0. The fraction of sp³-hybridized carbons (Fsp3) is 0.667. The Kier molecular flexibility index (Phi) is 7.10. The van der Waals surface area contributed by atoms with Crippen LogP contribution < -0.4 is 10.0 Å². The number of methoxy groups -OCH3 is 1. The zero-order valence-electron chi connectivity index (χ0n) is 12.1. The molecule has 1 unspecified atom stereocenters. The van der Waals surface area contributed by atoms with Crippen LogP contribution >= 0.6 is 27.3 Å². The first-order valence-corrected chi connectivity index (χ1v) is 9.39. The number of halogens is 1. The minimum atomic E-state index is -3.51. The van der Waals surface area contributed by atoms with Gasteiger partial charge in [-0.2, -0.15) is 0 Å². The highest BCUT2D eigenvalue weighted by atomic mass is 79.9. The van der Waals surface area contributed by atoms with E-state index >= 15 is 0 Å². The smallest absolute Gasteiger partial charge is 0.242 e. The quantitative estimate of drug-likeness (QED) is 0.721. The second-order valence-electron chi connectivity index (χ2n) is 4.78. The summed E-state index contributed by atoms with van der Waals surface area (Å²) in [5, 5.41) is 3.27. The van der Waals surface area contributed by atoms with E-state index in [1.807, 2.05) is 20.8 Å². The van der Waals surface area contributed by atoms with Gasteiger partial charge in [0.25, 0.3) is 0 Å². The molecule has 5 nitrogen and oxygen atoms in total. The molecule has 0 fully saturated rings. The van der Waals surface area contributed by atoms with Gasteiger partial charge >= 0.3 is 0 Å². The Morgan fingerprint density at radius 2 is 2.05 bits per heavy atom. The number of ether oxygens (including phenoxy) is 1. The van der Waals surface area contributed by atoms with Crippen molar-refractivity contribution in [1.29, 1.82) is 0 Å². The van der Waals surface area contributed by atoms with Crippen LogP contribution in [0, 0.1) is 0 Å². The van der Waals surface area contributed by atoms with Gasteiger partial charge in [-0.1, -0.05) is 13.8 Å². The summed E-state index contributed by atoms with van der Waals surface area (Å²) in [7, 11) is -1.96. The van der Waals surface area contributed by atoms with Crippen molar-refractivity contribution in [1.82, 2.24) is 10.0 Å². The molecule has 8 heteroatoms. The maximum Gasteiger partial charge on any atom is 0.242 e. The second kappa shape index (κ2) is 7.86. The first-order chi connectivity index (χ1) is 9.26. The van der Waals surface area contributed by atoms with E-state index in [-0.39, 0.29) is 17.5 Å². The van der Waals surface area contributed by atoms with Crippen LogP contribution in [0.2, 0.25) is 0 Å². The van der Waals surface area contributed by atoms with Crippen molar-refractivity contribution in [3.8, 4) is 0 Å². The summed E-state index contributed by atoms with van der Waals surface area (Å²) in [4.78, 5) is 1.26. The molecule has 2 N–H and O–H groups in total. The number of thiophene rings is 1. The highest BCUT2D eigenvalue weighted by molar-refractivity contribution is 9.11. The minimum absolute atomic E-state index is 0.163. The largest absolute Gasteiger partial charge is 0.380 e. The van der Waals surface area contributed by atoms with Crippen LogP contribution in [0.25, 0.3) is 0 Å². The van der Waals surface area contributed by atoms with Crippen LogP contribution in [-0.4, -0.2) is 34.2 Å². The molecule has 0 radical (unpaired) electrons. The molecule has 1 aromatic heterocycles. The molecular weight excluding hydrogens is 364 g/mol.